The van der Waals surface area contributed by atoms with Crippen LogP contribution >= 0.6 is 27.3 Å². The van der Waals surface area contributed by atoms with Crippen LogP contribution in [-0.2, 0) is 6.42 Å². The van der Waals surface area contributed by atoms with Crippen LogP contribution in [0.25, 0.3) is 0 Å². The van der Waals surface area contributed by atoms with Crippen molar-refractivity contribution in [3.8, 4) is 0 Å². The fraction of sp³-hybridized carbons (Fsp3) is 0.333. The van der Waals surface area contributed by atoms with E-state index in [1.807, 2.05) is 6.08 Å². The lowest BCUT2D eigenvalue weighted by Gasteiger charge is -2.05. The number of thiophene rings is 1. The molecule has 2 N–H and O–H groups in total. The largest absolute Gasteiger partial charge is 0.327 e. The molecule has 1 aromatic heterocycles. The first-order valence-corrected chi connectivity index (χ1v) is 5.49. The van der Waals surface area contributed by atoms with Crippen LogP contribution in [0.2, 0.25) is 0 Å². The Balaban J connectivity index is 2.46. The maximum atomic E-state index is 5.85. The molecule has 1 atom stereocenters. The molecule has 0 saturated carbocycles. The molecule has 12 heavy (non-hydrogen) atoms. The van der Waals surface area contributed by atoms with Crippen molar-refractivity contribution in [3.05, 3.63) is 33.5 Å². The Bertz CT molecular complexity index is 257. The van der Waals surface area contributed by atoms with Crippen molar-refractivity contribution in [3.63, 3.8) is 0 Å². The second-order valence-corrected chi connectivity index (χ2v) is 4.63. The Hall–Kier alpha value is -0.120. The molecule has 0 saturated heterocycles. The van der Waals surface area contributed by atoms with Gasteiger partial charge in [0, 0.05) is 20.8 Å². The van der Waals surface area contributed by atoms with Gasteiger partial charge in [-0.3, -0.25) is 0 Å². The van der Waals surface area contributed by atoms with E-state index < -0.39 is 0 Å². The fourth-order valence-electron chi connectivity index (χ4n) is 1.02. The van der Waals surface area contributed by atoms with E-state index in [-0.39, 0.29) is 6.04 Å². The van der Waals surface area contributed by atoms with Crippen LogP contribution in [-0.4, -0.2) is 6.04 Å². The summed E-state index contributed by atoms with van der Waals surface area (Å²) in [7, 11) is 0. The summed E-state index contributed by atoms with van der Waals surface area (Å²) in [6.45, 7) is 3.66. The standard InChI is InChI=1S/C9H12BrNS/c1-2-3-8(11)5-9-4-7(10)6-12-9/h2,4,6,8H,1,3,5,11H2. The lowest BCUT2D eigenvalue weighted by molar-refractivity contribution is 0.686. The maximum Gasteiger partial charge on any atom is 0.0285 e. The van der Waals surface area contributed by atoms with Gasteiger partial charge in [0.05, 0.1) is 0 Å². The summed E-state index contributed by atoms with van der Waals surface area (Å²) in [5.74, 6) is 0. The topological polar surface area (TPSA) is 26.0 Å². The lowest BCUT2D eigenvalue weighted by Crippen LogP contribution is -2.21. The third-order valence-corrected chi connectivity index (χ3v) is 3.27. The van der Waals surface area contributed by atoms with Gasteiger partial charge < -0.3 is 5.73 Å². The molecule has 1 aromatic rings. The Morgan fingerprint density at radius 1 is 1.75 bits per heavy atom. The van der Waals surface area contributed by atoms with Crippen molar-refractivity contribution in [1.82, 2.24) is 0 Å². The molecule has 1 nitrogen and oxygen atoms in total. The molecular weight excluding hydrogens is 234 g/mol. The first-order chi connectivity index (χ1) is 5.72. The molecule has 0 amide bonds. The van der Waals surface area contributed by atoms with E-state index in [1.165, 1.54) is 4.88 Å². The molecule has 0 radical (unpaired) electrons. The van der Waals surface area contributed by atoms with Crippen LogP contribution in [0.1, 0.15) is 11.3 Å². The average molecular weight is 246 g/mol. The van der Waals surface area contributed by atoms with Crippen LogP contribution in [0, 0.1) is 0 Å². The highest BCUT2D eigenvalue weighted by Gasteiger charge is 2.03. The third-order valence-electron chi connectivity index (χ3n) is 1.55. The summed E-state index contributed by atoms with van der Waals surface area (Å²) in [4.78, 5) is 1.33. The number of rotatable bonds is 4. The van der Waals surface area contributed by atoms with Gasteiger partial charge >= 0.3 is 0 Å². The number of nitrogens with two attached hydrogens (primary N) is 1. The molecule has 0 fully saturated rings. The number of hydrogen-bond acceptors (Lipinski definition) is 2. The second-order valence-electron chi connectivity index (χ2n) is 2.72. The van der Waals surface area contributed by atoms with Crippen LogP contribution in [0.3, 0.4) is 0 Å². The van der Waals surface area contributed by atoms with Crippen molar-refractivity contribution in [2.75, 3.05) is 0 Å². The molecule has 1 rings (SSSR count). The fourth-order valence-corrected chi connectivity index (χ4v) is 2.56. The van der Waals surface area contributed by atoms with Crippen molar-refractivity contribution < 1.29 is 0 Å². The minimum atomic E-state index is 0.216. The molecule has 0 bridgehead atoms. The van der Waals surface area contributed by atoms with Crippen molar-refractivity contribution in [2.45, 2.75) is 18.9 Å². The monoisotopic (exact) mass is 245 g/mol. The minimum Gasteiger partial charge on any atom is -0.327 e. The van der Waals surface area contributed by atoms with E-state index in [0.29, 0.717) is 0 Å². The van der Waals surface area contributed by atoms with E-state index in [4.69, 9.17) is 5.73 Å². The van der Waals surface area contributed by atoms with Crippen molar-refractivity contribution >= 4 is 27.3 Å². The van der Waals surface area contributed by atoms with E-state index in [9.17, 15) is 0 Å². The molecular formula is C9H12BrNS. The Kier molecular flexibility index (Phi) is 3.98. The zero-order chi connectivity index (χ0) is 8.97. The summed E-state index contributed by atoms with van der Waals surface area (Å²) in [6.07, 6.45) is 3.70. The van der Waals surface area contributed by atoms with Gasteiger partial charge in [-0.05, 0) is 34.8 Å². The molecule has 3 heteroatoms. The maximum absolute atomic E-state index is 5.85. The van der Waals surface area contributed by atoms with Gasteiger partial charge in [-0.15, -0.1) is 17.9 Å². The first kappa shape index (κ1) is 9.96. The van der Waals surface area contributed by atoms with Crippen LogP contribution in [0.4, 0.5) is 0 Å². The van der Waals surface area contributed by atoms with E-state index in [2.05, 4.69) is 34.0 Å². The van der Waals surface area contributed by atoms with E-state index >= 15 is 0 Å². The Morgan fingerprint density at radius 2 is 2.50 bits per heavy atom. The Morgan fingerprint density at radius 3 is 3.00 bits per heavy atom. The highest BCUT2D eigenvalue weighted by molar-refractivity contribution is 9.10. The van der Waals surface area contributed by atoms with Crippen molar-refractivity contribution in [2.24, 2.45) is 5.73 Å². The molecule has 66 valence electrons. The van der Waals surface area contributed by atoms with Crippen LogP contribution < -0.4 is 5.73 Å². The van der Waals surface area contributed by atoms with Crippen LogP contribution in [0.5, 0.6) is 0 Å². The predicted molar refractivity (Wildman–Crippen MR) is 58.5 cm³/mol. The third kappa shape index (κ3) is 3.09. The van der Waals surface area contributed by atoms with Gasteiger partial charge in [0.1, 0.15) is 0 Å². The lowest BCUT2D eigenvalue weighted by atomic mass is 10.1. The molecule has 0 spiro atoms. The zero-order valence-corrected chi connectivity index (χ0v) is 9.20. The van der Waals surface area contributed by atoms with Gasteiger partial charge in [-0.25, -0.2) is 0 Å². The normalized spacial score (nSPS) is 12.8. The highest BCUT2D eigenvalue weighted by atomic mass is 79.9. The van der Waals surface area contributed by atoms with Gasteiger partial charge in [0.25, 0.3) is 0 Å². The first-order valence-electron chi connectivity index (χ1n) is 3.81. The molecule has 0 aliphatic heterocycles. The average Bonchev–Trinajstić information content (AvgIpc) is 2.36. The highest BCUT2D eigenvalue weighted by Crippen LogP contribution is 2.21. The molecule has 0 aliphatic rings. The summed E-state index contributed by atoms with van der Waals surface area (Å²) in [6, 6.07) is 2.33. The molecule has 0 aromatic carbocycles. The van der Waals surface area contributed by atoms with Crippen LogP contribution in [0.15, 0.2) is 28.6 Å². The van der Waals surface area contributed by atoms with Gasteiger partial charge in [-0.2, -0.15) is 0 Å². The summed E-state index contributed by atoms with van der Waals surface area (Å²) in [5, 5.41) is 2.08. The summed E-state index contributed by atoms with van der Waals surface area (Å²) < 4.78 is 1.15. The van der Waals surface area contributed by atoms with E-state index in [0.717, 1.165) is 17.3 Å². The SMILES string of the molecule is C=CCC(N)Cc1cc(Br)cs1. The van der Waals surface area contributed by atoms with Gasteiger partial charge in [0.15, 0.2) is 0 Å². The summed E-state index contributed by atoms with van der Waals surface area (Å²) >= 11 is 5.15. The quantitative estimate of drug-likeness (QED) is 0.812. The minimum absolute atomic E-state index is 0.216. The summed E-state index contributed by atoms with van der Waals surface area (Å²) in [5.41, 5.74) is 5.85. The molecule has 1 unspecified atom stereocenters. The van der Waals surface area contributed by atoms with Crippen molar-refractivity contribution in [1.29, 1.82) is 0 Å². The van der Waals surface area contributed by atoms with Gasteiger partial charge in [-0.1, -0.05) is 6.08 Å². The predicted octanol–water partition coefficient (Wildman–Crippen LogP) is 2.96. The van der Waals surface area contributed by atoms with E-state index in [1.54, 1.807) is 11.3 Å². The smallest absolute Gasteiger partial charge is 0.0285 e. The Labute approximate surface area is 85.4 Å². The molecule has 0 aliphatic carbocycles. The zero-order valence-electron chi connectivity index (χ0n) is 6.79. The van der Waals surface area contributed by atoms with Gasteiger partial charge in [0.2, 0.25) is 0 Å². The second kappa shape index (κ2) is 4.80. The molecule has 1 heterocycles. The number of halogens is 1. The number of hydrogen-bond donors (Lipinski definition) is 1.